The van der Waals surface area contributed by atoms with Crippen LogP contribution in [-0.4, -0.2) is 61.5 Å². The summed E-state index contributed by atoms with van der Waals surface area (Å²) in [6, 6.07) is 7.96. The van der Waals surface area contributed by atoms with Gasteiger partial charge in [-0.15, -0.1) is 0 Å². The van der Waals surface area contributed by atoms with Crippen LogP contribution in [0.4, 0.5) is 5.95 Å². The fourth-order valence-electron chi connectivity index (χ4n) is 4.75. The molecule has 1 unspecified atom stereocenters. The first-order valence-corrected chi connectivity index (χ1v) is 11.9. The lowest BCUT2D eigenvalue weighted by atomic mass is 9.92. The zero-order valence-electron chi connectivity index (χ0n) is 19.8. The predicted molar refractivity (Wildman–Crippen MR) is 126 cm³/mol. The van der Waals surface area contributed by atoms with Gasteiger partial charge in [-0.05, 0) is 51.7 Å². The Bertz CT molecular complexity index is 1270. The molecule has 11 heteroatoms. The minimum absolute atomic E-state index is 0.0501. The fraction of sp³-hybridized carbons (Fsp3) is 0.542. The summed E-state index contributed by atoms with van der Waals surface area (Å²) in [6.45, 7) is 5.83. The minimum Gasteiger partial charge on any atom is -0.461 e. The van der Waals surface area contributed by atoms with Crippen molar-refractivity contribution >= 4 is 17.0 Å². The van der Waals surface area contributed by atoms with Gasteiger partial charge in [0.25, 0.3) is 0 Å². The van der Waals surface area contributed by atoms with Crippen molar-refractivity contribution < 1.29 is 9.47 Å². The predicted octanol–water partition coefficient (Wildman–Crippen LogP) is 2.99. The van der Waals surface area contributed by atoms with E-state index in [1.807, 2.05) is 29.2 Å². The molecule has 2 aliphatic heterocycles. The maximum atomic E-state index is 9.40. The van der Waals surface area contributed by atoms with Crippen LogP contribution in [0.15, 0.2) is 18.3 Å². The van der Waals surface area contributed by atoms with Crippen molar-refractivity contribution in [3.05, 3.63) is 29.8 Å². The molecule has 5 heterocycles. The third kappa shape index (κ3) is 4.86. The molecule has 180 valence electrons. The maximum Gasteiger partial charge on any atom is 0.321 e. The van der Waals surface area contributed by atoms with E-state index in [1.54, 1.807) is 6.20 Å². The number of hydrogen-bond donors (Lipinski definition) is 1. The molecule has 5 rings (SSSR count). The number of hydrogen-bond acceptors (Lipinski definition) is 10. The van der Waals surface area contributed by atoms with Gasteiger partial charge in [-0.1, -0.05) is 0 Å². The lowest BCUT2D eigenvalue weighted by Crippen LogP contribution is -2.35. The first kappa shape index (κ1) is 22.9. The van der Waals surface area contributed by atoms with Crippen LogP contribution in [0, 0.1) is 22.7 Å². The SMILES string of the molecule is CC1(C)CCC(COc2nc(C(C#N)C#N)nc(N3CCC(c4[nH]nc5ncccc45)CC3)n2)O1. The number of anilines is 1. The van der Waals surface area contributed by atoms with Crippen LogP contribution in [-0.2, 0) is 4.74 Å². The van der Waals surface area contributed by atoms with E-state index in [1.165, 1.54) is 0 Å². The maximum absolute atomic E-state index is 9.40. The summed E-state index contributed by atoms with van der Waals surface area (Å²) in [5, 5.41) is 27.3. The Morgan fingerprint density at radius 3 is 2.71 bits per heavy atom. The molecule has 3 aromatic rings. The molecule has 0 bridgehead atoms. The molecule has 2 aliphatic rings. The molecule has 35 heavy (non-hydrogen) atoms. The molecule has 0 aliphatic carbocycles. The number of aromatic nitrogens is 6. The molecule has 1 atom stereocenters. The van der Waals surface area contributed by atoms with Gasteiger partial charge in [-0.25, -0.2) is 4.98 Å². The zero-order chi connectivity index (χ0) is 24.4. The highest BCUT2D eigenvalue weighted by Gasteiger charge is 2.32. The summed E-state index contributed by atoms with van der Waals surface area (Å²) in [6.07, 6.45) is 5.27. The van der Waals surface area contributed by atoms with Crippen LogP contribution in [0.1, 0.15) is 62.9 Å². The number of pyridine rings is 1. The Labute approximate surface area is 203 Å². The van der Waals surface area contributed by atoms with Crippen LogP contribution < -0.4 is 9.64 Å². The molecule has 0 radical (unpaired) electrons. The van der Waals surface area contributed by atoms with E-state index in [9.17, 15) is 10.5 Å². The number of nitrogens with one attached hydrogen (secondary N) is 1. The van der Waals surface area contributed by atoms with Crippen molar-refractivity contribution in [2.75, 3.05) is 24.6 Å². The monoisotopic (exact) mass is 473 g/mol. The average Bonchev–Trinajstić information content (AvgIpc) is 3.46. The standard InChI is InChI=1S/C24H27N9O2/c1-24(2)8-5-17(35-24)14-34-23-29-20(16(12-25)13-26)28-22(30-23)33-10-6-15(7-11-33)19-18-4-3-9-27-21(18)32-31-19/h3-4,9,15-17H,5-8,10-11,14H2,1-2H3,(H,27,31,32). The van der Waals surface area contributed by atoms with Crippen molar-refractivity contribution in [2.45, 2.75) is 63.1 Å². The van der Waals surface area contributed by atoms with E-state index in [0.29, 0.717) is 31.6 Å². The summed E-state index contributed by atoms with van der Waals surface area (Å²) in [5.41, 5.74) is 1.65. The second kappa shape index (κ2) is 9.43. The van der Waals surface area contributed by atoms with Gasteiger partial charge >= 0.3 is 6.01 Å². The molecule has 0 amide bonds. The van der Waals surface area contributed by atoms with Crippen molar-refractivity contribution in [3.63, 3.8) is 0 Å². The third-order valence-electron chi connectivity index (χ3n) is 6.63. The van der Waals surface area contributed by atoms with Crippen LogP contribution in [0.3, 0.4) is 0 Å². The Balaban J connectivity index is 1.32. The zero-order valence-corrected chi connectivity index (χ0v) is 19.8. The van der Waals surface area contributed by atoms with E-state index in [2.05, 4.69) is 44.0 Å². The molecular weight excluding hydrogens is 446 g/mol. The second-order valence-electron chi connectivity index (χ2n) is 9.59. The van der Waals surface area contributed by atoms with Gasteiger partial charge in [-0.2, -0.15) is 30.6 Å². The van der Waals surface area contributed by atoms with Gasteiger partial charge in [0.1, 0.15) is 6.61 Å². The fourth-order valence-corrected chi connectivity index (χ4v) is 4.75. The van der Waals surface area contributed by atoms with Crippen LogP contribution in [0.5, 0.6) is 6.01 Å². The number of nitriles is 2. The van der Waals surface area contributed by atoms with E-state index >= 15 is 0 Å². The summed E-state index contributed by atoms with van der Waals surface area (Å²) < 4.78 is 11.9. The van der Waals surface area contributed by atoms with Crippen molar-refractivity contribution in [2.24, 2.45) is 0 Å². The third-order valence-corrected chi connectivity index (χ3v) is 6.63. The van der Waals surface area contributed by atoms with Crippen LogP contribution in [0.25, 0.3) is 11.0 Å². The lowest BCUT2D eigenvalue weighted by molar-refractivity contribution is -0.0339. The first-order chi connectivity index (χ1) is 17.0. The number of nitrogens with zero attached hydrogens (tertiary/aromatic N) is 8. The highest BCUT2D eigenvalue weighted by Crippen LogP contribution is 2.33. The Hall–Kier alpha value is -3.83. The number of piperidine rings is 1. The largest absolute Gasteiger partial charge is 0.461 e. The molecule has 3 aromatic heterocycles. The Kier molecular flexibility index (Phi) is 6.18. The molecular formula is C24H27N9O2. The average molecular weight is 474 g/mol. The van der Waals surface area contributed by atoms with Gasteiger partial charge in [0.15, 0.2) is 17.4 Å². The number of aromatic amines is 1. The number of fused-ring (bicyclic) bond motifs is 1. The van der Waals surface area contributed by atoms with Crippen molar-refractivity contribution in [1.82, 2.24) is 30.1 Å². The number of H-pyrrole nitrogens is 1. The summed E-state index contributed by atoms with van der Waals surface area (Å²) in [7, 11) is 0. The van der Waals surface area contributed by atoms with Gasteiger partial charge in [-0.3, -0.25) is 5.10 Å². The minimum atomic E-state index is -1.10. The van der Waals surface area contributed by atoms with Crippen LogP contribution >= 0.6 is 0 Å². The van der Waals surface area contributed by atoms with E-state index in [4.69, 9.17) is 9.47 Å². The molecule has 2 saturated heterocycles. The topological polar surface area (TPSA) is 150 Å². The van der Waals surface area contributed by atoms with E-state index in [-0.39, 0.29) is 23.5 Å². The molecule has 11 nitrogen and oxygen atoms in total. The van der Waals surface area contributed by atoms with Gasteiger partial charge in [0, 0.05) is 36.3 Å². The second-order valence-corrected chi connectivity index (χ2v) is 9.59. The number of ether oxygens (including phenoxy) is 2. The molecule has 1 N–H and O–H groups in total. The first-order valence-electron chi connectivity index (χ1n) is 11.9. The highest BCUT2D eigenvalue weighted by atomic mass is 16.6. The quantitative estimate of drug-likeness (QED) is 0.566. The normalized spacial score (nSPS) is 20.1. The lowest BCUT2D eigenvalue weighted by Gasteiger charge is -2.31. The molecule has 0 saturated carbocycles. The summed E-state index contributed by atoms with van der Waals surface area (Å²) >= 11 is 0. The van der Waals surface area contributed by atoms with Crippen molar-refractivity contribution in [3.8, 4) is 18.1 Å². The van der Waals surface area contributed by atoms with Crippen LogP contribution in [0.2, 0.25) is 0 Å². The van der Waals surface area contributed by atoms with Gasteiger partial charge < -0.3 is 14.4 Å². The molecule has 2 fully saturated rings. The highest BCUT2D eigenvalue weighted by molar-refractivity contribution is 5.77. The van der Waals surface area contributed by atoms with E-state index in [0.717, 1.165) is 42.4 Å². The summed E-state index contributed by atoms with van der Waals surface area (Å²) in [4.78, 5) is 19.6. The smallest absolute Gasteiger partial charge is 0.321 e. The van der Waals surface area contributed by atoms with Gasteiger partial charge in [0.2, 0.25) is 5.95 Å². The van der Waals surface area contributed by atoms with Crippen molar-refractivity contribution in [1.29, 1.82) is 10.5 Å². The molecule has 0 spiro atoms. The Morgan fingerprint density at radius 1 is 1.20 bits per heavy atom. The van der Waals surface area contributed by atoms with E-state index < -0.39 is 5.92 Å². The van der Waals surface area contributed by atoms with Gasteiger partial charge in [0.05, 0.1) is 23.8 Å². The Morgan fingerprint density at radius 2 is 2.00 bits per heavy atom. The molecule has 0 aromatic carbocycles. The number of rotatable bonds is 6. The summed E-state index contributed by atoms with van der Waals surface area (Å²) in [5.74, 6) is -0.258.